The zero-order valence-electron chi connectivity index (χ0n) is 10.9. The van der Waals surface area contributed by atoms with Gasteiger partial charge in [-0.3, -0.25) is 4.79 Å². The van der Waals surface area contributed by atoms with Gasteiger partial charge in [0, 0.05) is 0 Å². The van der Waals surface area contributed by atoms with Crippen LogP contribution in [0.2, 0.25) is 0 Å². The number of methoxy groups -OCH3 is 1. The van der Waals surface area contributed by atoms with E-state index < -0.39 is 11.4 Å². The second-order valence-corrected chi connectivity index (χ2v) is 4.90. The third kappa shape index (κ3) is 2.99. The smallest absolute Gasteiger partial charge is 0.309 e. The molecule has 0 aliphatic carbocycles. The summed E-state index contributed by atoms with van der Waals surface area (Å²) in [5, 5.41) is 9.34. The average molecular weight is 236 g/mol. The fourth-order valence-corrected chi connectivity index (χ4v) is 1.69. The van der Waals surface area contributed by atoms with Crippen molar-refractivity contribution in [2.45, 2.75) is 27.2 Å². The Hall–Kier alpha value is -1.51. The van der Waals surface area contributed by atoms with E-state index in [2.05, 4.69) is 0 Å². The van der Waals surface area contributed by atoms with Crippen molar-refractivity contribution in [1.29, 1.82) is 0 Å². The highest BCUT2D eigenvalue weighted by Crippen LogP contribution is 2.32. The molecule has 3 heteroatoms. The van der Waals surface area contributed by atoms with Gasteiger partial charge in [0.05, 0.1) is 12.5 Å². The highest BCUT2D eigenvalue weighted by molar-refractivity contribution is 5.75. The van der Waals surface area contributed by atoms with Crippen molar-refractivity contribution in [1.82, 2.24) is 0 Å². The number of carboxylic acids is 1. The average Bonchev–Trinajstić information content (AvgIpc) is 2.29. The second-order valence-electron chi connectivity index (χ2n) is 4.90. The lowest BCUT2D eigenvalue weighted by molar-refractivity contribution is -0.150. The topological polar surface area (TPSA) is 46.5 Å². The summed E-state index contributed by atoms with van der Waals surface area (Å²) >= 11 is 0. The van der Waals surface area contributed by atoms with Crippen LogP contribution in [0.15, 0.2) is 24.3 Å². The van der Waals surface area contributed by atoms with Crippen molar-refractivity contribution in [2.24, 2.45) is 11.3 Å². The van der Waals surface area contributed by atoms with Crippen LogP contribution in [0.4, 0.5) is 0 Å². The predicted octanol–water partition coefficient (Wildman–Crippen LogP) is 2.98. The molecule has 0 amide bonds. The Kier molecular flexibility index (Phi) is 4.16. The van der Waals surface area contributed by atoms with Crippen LogP contribution in [0.3, 0.4) is 0 Å². The molecule has 3 nitrogen and oxygen atoms in total. The van der Waals surface area contributed by atoms with Gasteiger partial charge in [-0.25, -0.2) is 0 Å². The second kappa shape index (κ2) is 5.21. The quantitative estimate of drug-likeness (QED) is 0.854. The molecule has 0 fully saturated rings. The standard InChI is InChI=1S/C14H20O3/c1-10(2)14(3,13(15)16)9-11-5-7-12(17-4)8-6-11/h5-8,10H,9H2,1-4H3,(H,15,16). The van der Waals surface area contributed by atoms with Crippen LogP contribution in [0, 0.1) is 11.3 Å². The van der Waals surface area contributed by atoms with Gasteiger partial charge >= 0.3 is 5.97 Å². The van der Waals surface area contributed by atoms with Crippen molar-refractivity contribution in [2.75, 3.05) is 7.11 Å². The molecular formula is C14H20O3. The van der Waals surface area contributed by atoms with Crippen molar-refractivity contribution in [3.63, 3.8) is 0 Å². The number of aliphatic carboxylic acids is 1. The lowest BCUT2D eigenvalue weighted by Gasteiger charge is -2.29. The first-order valence-electron chi connectivity index (χ1n) is 5.76. The van der Waals surface area contributed by atoms with E-state index in [4.69, 9.17) is 4.74 Å². The van der Waals surface area contributed by atoms with Crippen LogP contribution in [0.5, 0.6) is 5.75 Å². The minimum absolute atomic E-state index is 0.0853. The minimum atomic E-state index is -0.747. The molecule has 0 saturated carbocycles. The van der Waals surface area contributed by atoms with E-state index in [0.29, 0.717) is 6.42 Å². The van der Waals surface area contributed by atoms with Gasteiger partial charge in [-0.15, -0.1) is 0 Å². The number of benzene rings is 1. The lowest BCUT2D eigenvalue weighted by atomic mass is 9.74. The Morgan fingerprint density at radius 1 is 1.35 bits per heavy atom. The van der Waals surface area contributed by atoms with E-state index in [1.54, 1.807) is 14.0 Å². The van der Waals surface area contributed by atoms with E-state index >= 15 is 0 Å². The van der Waals surface area contributed by atoms with Crippen LogP contribution in [-0.2, 0) is 11.2 Å². The molecule has 17 heavy (non-hydrogen) atoms. The van der Waals surface area contributed by atoms with E-state index in [1.165, 1.54) is 0 Å². The molecule has 1 atom stereocenters. The first-order chi connectivity index (χ1) is 7.90. The third-order valence-corrected chi connectivity index (χ3v) is 3.49. The fraction of sp³-hybridized carbons (Fsp3) is 0.500. The van der Waals surface area contributed by atoms with Crippen LogP contribution in [-0.4, -0.2) is 18.2 Å². The zero-order chi connectivity index (χ0) is 13.1. The van der Waals surface area contributed by atoms with Crippen molar-refractivity contribution in [3.05, 3.63) is 29.8 Å². The summed E-state index contributed by atoms with van der Waals surface area (Å²) in [5.74, 6) is 0.126. The maximum Gasteiger partial charge on any atom is 0.309 e. The first kappa shape index (κ1) is 13.6. The maximum atomic E-state index is 11.4. The Morgan fingerprint density at radius 2 is 1.88 bits per heavy atom. The normalized spacial score (nSPS) is 14.4. The Labute approximate surface area is 102 Å². The van der Waals surface area contributed by atoms with Crippen molar-refractivity contribution < 1.29 is 14.6 Å². The van der Waals surface area contributed by atoms with Gasteiger partial charge in [-0.05, 0) is 37.0 Å². The Balaban J connectivity index is 2.90. The van der Waals surface area contributed by atoms with Crippen LogP contribution < -0.4 is 4.74 Å². The zero-order valence-corrected chi connectivity index (χ0v) is 10.9. The molecule has 0 aliphatic heterocycles. The molecule has 0 aliphatic rings. The molecule has 1 N–H and O–H groups in total. The monoisotopic (exact) mass is 236 g/mol. The fourth-order valence-electron chi connectivity index (χ4n) is 1.69. The molecule has 0 aromatic heterocycles. The molecule has 0 spiro atoms. The van der Waals surface area contributed by atoms with Gasteiger partial charge in [0.2, 0.25) is 0 Å². The summed E-state index contributed by atoms with van der Waals surface area (Å²) in [6.45, 7) is 5.68. The first-order valence-corrected chi connectivity index (χ1v) is 5.76. The SMILES string of the molecule is COc1ccc(CC(C)(C(=O)O)C(C)C)cc1. The van der Waals surface area contributed by atoms with Gasteiger partial charge in [0.25, 0.3) is 0 Å². The molecule has 94 valence electrons. The molecule has 0 radical (unpaired) electrons. The summed E-state index contributed by atoms with van der Waals surface area (Å²) in [7, 11) is 1.62. The Bertz CT molecular complexity index is 381. The number of hydrogen-bond acceptors (Lipinski definition) is 2. The van der Waals surface area contributed by atoms with Crippen molar-refractivity contribution >= 4 is 5.97 Å². The van der Waals surface area contributed by atoms with Gasteiger partial charge in [0.1, 0.15) is 5.75 Å². The van der Waals surface area contributed by atoms with Gasteiger partial charge in [-0.1, -0.05) is 26.0 Å². The van der Waals surface area contributed by atoms with E-state index in [1.807, 2.05) is 38.1 Å². The summed E-state index contributed by atoms with van der Waals surface area (Å²) in [6.07, 6.45) is 0.532. The number of carbonyl (C=O) groups is 1. The molecule has 1 rings (SSSR count). The number of rotatable bonds is 5. The molecule has 0 saturated heterocycles. The van der Waals surface area contributed by atoms with Crippen LogP contribution in [0.1, 0.15) is 26.3 Å². The summed E-state index contributed by atoms with van der Waals surface area (Å²) < 4.78 is 5.08. The summed E-state index contributed by atoms with van der Waals surface area (Å²) in [5.41, 5.74) is 0.290. The maximum absolute atomic E-state index is 11.4. The minimum Gasteiger partial charge on any atom is -0.497 e. The predicted molar refractivity (Wildman–Crippen MR) is 67.3 cm³/mol. The number of ether oxygens (including phenoxy) is 1. The largest absolute Gasteiger partial charge is 0.497 e. The molecule has 1 aromatic rings. The van der Waals surface area contributed by atoms with Gasteiger partial charge in [0.15, 0.2) is 0 Å². The summed E-state index contributed by atoms with van der Waals surface area (Å²) in [4.78, 5) is 11.4. The third-order valence-electron chi connectivity index (χ3n) is 3.49. The lowest BCUT2D eigenvalue weighted by Crippen LogP contribution is -2.35. The molecule has 0 heterocycles. The summed E-state index contributed by atoms with van der Waals surface area (Å²) in [6, 6.07) is 7.56. The number of hydrogen-bond donors (Lipinski definition) is 1. The van der Waals surface area contributed by atoms with Gasteiger partial charge < -0.3 is 9.84 Å². The molecule has 1 unspecified atom stereocenters. The highest BCUT2D eigenvalue weighted by Gasteiger charge is 2.36. The van der Waals surface area contributed by atoms with Crippen LogP contribution >= 0.6 is 0 Å². The van der Waals surface area contributed by atoms with Crippen molar-refractivity contribution in [3.8, 4) is 5.75 Å². The van der Waals surface area contributed by atoms with E-state index in [9.17, 15) is 9.90 Å². The van der Waals surface area contributed by atoms with E-state index in [-0.39, 0.29) is 5.92 Å². The molecule has 1 aromatic carbocycles. The molecular weight excluding hydrogens is 216 g/mol. The number of carboxylic acid groups (broad SMARTS) is 1. The molecule has 0 bridgehead atoms. The van der Waals surface area contributed by atoms with E-state index in [0.717, 1.165) is 11.3 Å². The Morgan fingerprint density at radius 3 is 2.24 bits per heavy atom. The van der Waals surface area contributed by atoms with Crippen LogP contribution in [0.25, 0.3) is 0 Å². The highest BCUT2D eigenvalue weighted by atomic mass is 16.5. The van der Waals surface area contributed by atoms with Gasteiger partial charge in [-0.2, -0.15) is 0 Å².